The van der Waals surface area contributed by atoms with Gasteiger partial charge in [-0.05, 0) is 47.5 Å². The highest BCUT2D eigenvalue weighted by Crippen LogP contribution is 2.31. The van der Waals surface area contributed by atoms with Gasteiger partial charge in [-0.2, -0.15) is 0 Å². The van der Waals surface area contributed by atoms with Gasteiger partial charge in [0, 0.05) is 29.7 Å². The maximum Gasteiger partial charge on any atom is 0.373 e. The molecule has 0 aliphatic rings. The Balaban J connectivity index is 1.61. The number of carbonyl (C=O) groups excluding carboxylic acids is 1. The number of fused-ring (bicyclic) bond motifs is 1. The second kappa shape index (κ2) is 8.15. The van der Waals surface area contributed by atoms with Gasteiger partial charge in [0.1, 0.15) is 23.7 Å². The van der Waals surface area contributed by atoms with Crippen LogP contribution < -0.4 is 10.4 Å². The van der Waals surface area contributed by atoms with Crippen LogP contribution in [0.3, 0.4) is 0 Å². The van der Waals surface area contributed by atoms with Gasteiger partial charge in [-0.3, -0.25) is 10.1 Å². The van der Waals surface area contributed by atoms with Crippen LogP contribution in [0.25, 0.3) is 22.1 Å². The molecule has 0 bridgehead atoms. The Kier molecular flexibility index (Phi) is 5.23. The molecule has 0 saturated heterocycles. The topological polar surface area (TPSA) is 122 Å². The molecule has 156 valence electrons. The number of methoxy groups -OCH3 is 1. The highest BCUT2D eigenvalue weighted by atomic mass is 16.6. The fourth-order valence-electron chi connectivity index (χ4n) is 3.05. The van der Waals surface area contributed by atoms with E-state index in [0.717, 1.165) is 0 Å². The zero-order valence-electron chi connectivity index (χ0n) is 16.2. The highest BCUT2D eigenvalue weighted by molar-refractivity contribution is 5.93. The Hall–Kier alpha value is -4.40. The number of rotatable bonds is 6. The van der Waals surface area contributed by atoms with Crippen LogP contribution in [0.15, 0.2) is 74.3 Å². The van der Waals surface area contributed by atoms with E-state index in [1.807, 2.05) is 0 Å². The maximum atomic E-state index is 12.1. The fourth-order valence-corrected chi connectivity index (χ4v) is 3.05. The molecule has 31 heavy (non-hydrogen) atoms. The Bertz CT molecular complexity index is 1330. The highest BCUT2D eigenvalue weighted by Gasteiger charge is 2.13. The van der Waals surface area contributed by atoms with Gasteiger partial charge in [0.25, 0.3) is 5.69 Å². The predicted molar refractivity (Wildman–Crippen MR) is 109 cm³/mol. The van der Waals surface area contributed by atoms with Crippen molar-refractivity contribution in [2.24, 2.45) is 0 Å². The summed E-state index contributed by atoms with van der Waals surface area (Å²) in [6, 6.07) is 15.3. The van der Waals surface area contributed by atoms with Crippen LogP contribution in [0.2, 0.25) is 0 Å². The van der Waals surface area contributed by atoms with E-state index in [0.29, 0.717) is 33.6 Å². The van der Waals surface area contributed by atoms with Crippen molar-refractivity contribution < 1.29 is 28.0 Å². The van der Waals surface area contributed by atoms with Gasteiger partial charge in [-0.15, -0.1) is 0 Å². The van der Waals surface area contributed by atoms with Crippen molar-refractivity contribution >= 4 is 22.6 Å². The largest absolute Gasteiger partial charge is 0.486 e. The van der Waals surface area contributed by atoms with Crippen molar-refractivity contribution in [3.63, 3.8) is 0 Å². The van der Waals surface area contributed by atoms with E-state index in [1.165, 1.54) is 31.4 Å². The van der Waals surface area contributed by atoms with Gasteiger partial charge in [0.05, 0.1) is 12.0 Å². The number of benzene rings is 2. The molecule has 0 aliphatic carbocycles. The number of furan rings is 1. The minimum Gasteiger partial charge on any atom is -0.486 e. The molecule has 9 heteroatoms. The zero-order chi connectivity index (χ0) is 22.0. The number of nitrogens with zero attached hydrogens (tertiary/aromatic N) is 1. The number of carbonyl (C=O) groups is 1. The van der Waals surface area contributed by atoms with Crippen molar-refractivity contribution in [1.82, 2.24) is 0 Å². The molecule has 0 fully saturated rings. The third kappa shape index (κ3) is 4.15. The summed E-state index contributed by atoms with van der Waals surface area (Å²) in [5, 5.41) is 11.5. The van der Waals surface area contributed by atoms with Crippen LogP contribution in [-0.2, 0) is 11.3 Å². The molecule has 4 rings (SSSR count). The van der Waals surface area contributed by atoms with E-state index in [4.69, 9.17) is 13.6 Å². The molecule has 0 spiro atoms. The Morgan fingerprint density at radius 3 is 2.52 bits per heavy atom. The molecular weight excluding hydrogens is 406 g/mol. The van der Waals surface area contributed by atoms with Crippen LogP contribution in [-0.4, -0.2) is 18.0 Å². The molecule has 0 N–H and O–H groups in total. The Labute approximate surface area is 174 Å². The summed E-state index contributed by atoms with van der Waals surface area (Å²) in [4.78, 5) is 33.9. The third-order valence-corrected chi connectivity index (χ3v) is 4.53. The van der Waals surface area contributed by atoms with Gasteiger partial charge in [0.15, 0.2) is 0 Å². The van der Waals surface area contributed by atoms with Crippen molar-refractivity contribution in [2.75, 3.05) is 7.11 Å². The molecule has 2 aromatic carbocycles. The number of hydrogen-bond donors (Lipinski definition) is 0. The summed E-state index contributed by atoms with van der Waals surface area (Å²) >= 11 is 0. The van der Waals surface area contributed by atoms with Gasteiger partial charge >= 0.3 is 11.6 Å². The van der Waals surface area contributed by atoms with E-state index in [2.05, 4.69) is 4.74 Å². The van der Waals surface area contributed by atoms with E-state index >= 15 is 0 Å². The van der Waals surface area contributed by atoms with Crippen LogP contribution in [0.1, 0.15) is 16.3 Å². The van der Waals surface area contributed by atoms with Crippen LogP contribution in [0.5, 0.6) is 5.75 Å². The molecule has 0 amide bonds. The van der Waals surface area contributed by atoms with Gasteiger partial charge in [-0.25, -0.2) is 9.59 Å². The molecule has 9 nitrogen and oxygen atoms in total. The predicted octanol–water partition coefficient (Wildman–Crippen LogP) is 4.33. The van der Waals surface area contributed by atoms with Gasteiger partial charge in [-0.1, -0.05) is 0 Å². The number of esters is 1. The van der Waals surface area contributed by atoms with Crippen molar-refractivity contribution in [1.29, 1.82) is 0 Å². The lowest BCUT2D eigenvalue weighted by atomic mass is 10.0. The van der Waals surface area contributed by atoms with Crippen molar-refractivity contribution in [3.8, 4) is 16.9 Å². The molecule has 0 aliphatic heterocycles. The van der Waals surface area contributed by atoms with Crippen molar-refractivity contribution in [3.05, 3.63) is 92.7 Å². The standard InChI is InChI=1S/C22H15NO8/c1-28-22(25)19-9-7-16(30-19)12-29-15-6-8-17-18(11-21(24)31-20(17)10-15)13-2-4-14(5-3-13)23(26)27/h2-11H,12H2,1H3. The second-order valence-electron chi connectivity index (χ2n) is 6.49. The first-order valence-electron chi connectivity index (χ1n) is 9.07. The monoisotopic (exact) mass is 421 g/mol. The molecule has 4 aromatic rings. The maximum absolute atomic E-state index is 12.1. The van der Waals surface area contributed by atoms with E-state index in [-0.39, 0.29) is 18.1 Å². The van der Waals surface area contributed by atoms with Gasteiger partial charge in [0.2, 0.25) is 5.76 Å². The number of non-ortho nitro benzene ring substituents is 1. The lowest BCUT2D eigenvalue weighted by Crippen LogP contribution is -2.00. The summed E-state index contributed by atoms with van der Waals surface area (Å²) in [7, 11) is 1.26. The molecule has 2 heterocycles. The molecule has 0 unspecified atom stereocenters. The number of hydrogen-bond acceptors (Lipinski definition) is 8. The third-order valence-electron chi connectivity index (χ3n) is 4.53. The first-order chi connectivity index (χ1) is 14.9. The van der Waals surface area contributed by atoms with Crippen LogP contribution in [0.4, 0.5) is 5.69 Å². The Morgan fingerprint density at radius 1 is 1.03 bits per heavy atom. The minimum atomic E-state index is -0.586. The lowest BCUT2D eigenvalue weighted by Gasteiger charge is -2.08. The smallest absolute Gasteiger partial charge is 0.373 e. The van der Waals surface area contributed by atoms with Crippen LogP contribution >= 0.6 is 0 Å². The summed E-state index contributed by atoms with van der Waals surface area (Å²) in [6.45, 7) is 0.0504. The summed E-state index contributed by atoms with van der Waals surface area (Å²) in [6.07, 6.45) is 0. The summed E-state index contributed by atoms with van der Waals surface area (Å²) < 4.78 is 20.9. The van der Waals surface area contributed by atoms with E-state index < -0.39 is 16.5 Å². The first kappa shape index (κ1) is 19.9. The zero-order valence-corrected chi connectivity index (χ0v) is 16.2. The molecule has 0 saturated carbocycles. The fraction of sp³-hybridized carbons (Fsp3) is 0.0909. The number of nitro benzene ring substituents is 1. The first-order valence-corrected chi connectivity index (χ1v) is 9.07. The van der Waals surface area contributed by atoms with Crippen molar-refractivity contribution in [2.45, 2.75) is 6.61 Å². The minimum absolute atomic E-state index is 0.0417. The summed E-state index contributed by atoms with van der Waals surface area (Å²) in [5.41, 5.74) is 0.921. The molecular formula is C22H15NO8. The summed E-state index contributed by atoms with van der Waals surface area (Å²) in [5.74, 6) is 0.324. The average Bonchev–Trinajstić information content (AvgIpc) is 3.25. The van der Waals surface area contributed by atoms with E-state index in [1.54, 1.807) is 36.4 Å². The lowest BCUT2D eigenvalue weighted by molar-refractivity contribution is -0.384. The average molecular weight is 421 g/mol. The van der Waals surface area contributed by atoms with Crippen LogP contribution in [0, 0.1) is 10.1 Å². The molecule has 0 atom stereocenters. The second-order valence-corrected chi connectivity index (χ2v) is 6.49. The van der Waals surface area contributed by atoms with E-state index in [9.17, 15) is 19.7 Å². The number of ether oxygens (including phenoxy) is 2. The molecule has 2 aromatic heterocycles. The quantitative estimate of drug-likeness (QED) is 0.195. The Morgan fingerprint density at radius 2 is 1.81 bits per heavy atom. The normalized spacial score (nSPS) is 10.7. The number of nitro groups is 1. The van der Waals surface area contributed by atoms with Gasteiger partial charge < -0.3 is 18.3 Å². The SMILES string of the molecule is COC(=O)c1ccc(COc2ccc3c(-c4ccc([N+](=O)[O-])cc4)cc(=O)oc3c2)o1. The molecule has 0 radical (unpaired) electrons.